The quantitative estimate of drug-likeness (QED) is 0.542. The van der Waals surface area contributed by atoms with Crippen LogP contribution in [0.25, 0.3) is 0 Å². The van der Waals surface area contributed by atoms with Crippen molar-refractivity contribution in [1.82, 2.24) is 19.7 Å². The highest BCUT2D eigenvalue weighted by Gasteiger charge is 2.16. The van der Waals surface area contributed by atoms with Gasteiger partial charge in [-0.1, -0.05) is 42.5 Å². The number of hydrogen-bond donors (Lipinski definition) is 1. The maximum atomic E-state index is 12.8. The first-order chi connectivity index (χ1) is 13.7. The molecule has 6 nitrogen and oxygen atoms in total. The number of rotatable bonds is 6. The van der Waals surface area contributed by atoms with Gasteiger partial charge in [-0.05, 0) is 30.2 Å². The molecule has 0 saturated heterocycles. The maximum absolute atomic E-state index is 12.8. The summed E-state index contributed by atoms with van der Waals surface area (Å²) in [5, 5.41) is 8.03. The lowest BCUT2D eigenvalue weighted by Gasteiger charge is -2.07. The van der Waals surface area contributed by atoms with Crippen LogP contribution in [0.3, 0.4) is 0 Å². The number of benzene rings is 2. The summed E-state index contributed by atoms with van der Waals surface area (Å²) in [6.07, 6.45) is 3.90. The summed E-state index contributed by atoms with van der Waals surface area (Å²) in [4.78, 5) is 21.9. The summed E-state index contributed by atoms with van der Waals surface area (Å²) in [5.74, 6) is -0.132. The highest BCUT2D eigenvalue weighted by Crippen LogP contribution is 2.22. The lowest BCUT2D eigenvalue weighted by molar-refractivity contribution is 0.103. The zero-order valence-electron chi connectivity index (χ0n) is 15.4. The molecule has 0 aliphatic carbocycles. The van der Waals surface area contributed by atoms with Gasteiger partial charge in [-0.15, -0.1) is 11.3 Å². The van der Waals surface area contributed by atoms with E-state index in [1.54, 1.807) is 11.0 Å². The van der Waals surface area contributed by atoms with Crippen LogP contribution in [0.1, 0.15) is 31.5 Å². The van der Waals surface area contributed by atoms with E-state index in [0.717, 1.165) is 28.4 Å². The molecule has 7 heteroatoms. The van der Waals surface area contributed by atoms with E-state index in [4.69, 9.17) is 0 Å². The molecule has 2 aromatic carbocycles. The van der Waals surface area contributed by atoms with Gasteiger partial charge in [0.1, 0.15) is 17.5 Å². The SMILES string of the molecule is Cc1nc(Cc2ccccc2)sc1C(=O)Nc1cccc(Cn2cncn2)c1. The standard InChI is InChI=1S/C21H19N5OS/c1-15-20(28-19(24-15)11-16-6-3-2-4-7-16)21(27)25-18-9-5-8-17(10-18)12-26-14-22-13-23-26/h2-10,13-14H,11-12H2,1H3,(H,25,27). The van der Waals surface area contributed by atoms with Gasteiger partial charge in [0, 0.05) is 12.1 Å². The van der Waals surface area contributed by atoms with Crippen LogP contribution in [0.15, 0.2) is 67.3 Å². The van der Waals surface area contributed by atoms with Crippen molar-refractivity contribution in [3.8, 4) is 0 Å². The van der Waals surface area contributed by atoms with Crippen LogP contribution in [0.5, 0.6) is 0 Å². The van der Waals surface area contributed by atoms with E-state index < -0.39 is 0 Å². The van der Waals surface area contributed by atoms with E-state index >= 15 is 0 Å². The van der Waals surface area contributed by atoms with E-state index in [9.17, 15) is 4.79 Å². The van der Waals surface area contributed by atoms with Crippen LogP contribution in [0.2, 0.25) is 0 Å². The van der Waals surface area contributed by atoms with Crippen molar-refractivity contribution in [2.45, 2.75) is 19.9 Å². The monoisotopic (exact) mass is 389 g/mol. The molecule has 0 unspecified atom stereocenters. The molecule has 0 atom stereocenters. The minimum absolute atomic E-state index is 0.132. The molecule has 0 fully saturated rings. The van der Waals surface area contributed by atoms with Gasteiger partial charge in [0.25, 0.3) is 5.91 Å². The Morgan fingerprint density at radius 2 is 1.93 bits per heavy atom. The largest absolute Gasteiger partial charge is 0.321 e. The van der Waals surface area contributed by atoms with Crippen molar-refractivity contribution in [1.29, 1.82) is 0 Å². The van der Waals surface area contributed by atoms with E-state index in [1.165, 1.54) is 23.2 Å². The molecule has 2 aromatic heterocycles. The zero-order chi connectivity index (χ0) is 19.3. The molecule has 4 aromatic rings. The summed E-state index contributed by atoms with van der Waals surface area (Å²) < 4.78 is 1.74. The average molecular weight is 389 g/mol. The molecule has 2 heterocycles. The van der Waals surface area contributed by atoms with Crippen LogP contribution in [0.4, 0.5) is 5.69 Å². The predicted octanol–water partition coefficient (Wildman–Crippen LogP) is 3.93. The van der Waals surface area contributed by atoms with E-state index in [-0.39, 0.29) is 5.91 Å². The highest BCUT2D eigenvalue weighted by molar-refractivity contribution is 7.14. The highest BCUT2D eigenvalue weighted by atomic mass is 32.1. The Morgan fingerprint density at radius 1 is 1.11 bits per heavy atom. The van der Waals surface area contributed by atoms with Crippen LogP contribution in [-0.2, 0) is 13.0 Å². The van der Waals surface area contributed by atoms with Crippen LogP contribution >= 0.6 is 11.3 Å². The number of nitrogens with one attached hydrogen (secondary N) is 1. The number of thiazole rings is 1. The molecule has 0 bridgehead atoms. The first-order valence-electron chi connectivity index (χ1n) is 8.90. The van der Waals surface area contributed by atoms with Gasteiger partial charge in [0.2, 0.25) is 0 Å². The molecule has 1 amide bonds. The van der Waals surface area contributed by atoms with E-state index in [1.807, 2.05) is 49.4 Å². The number of aromatic nitrogens is 4. The number of carbonyl (C=O) groups is 1. The fraction of sp³-hybridized carbons (Fsp3) is 0.143. The van der Waals surface area contributed by atoms with Gasteiger partial charge in [0.05, 0.1) is 17.2 Å². The van der Waals surface area contributed by atoms with Crippen molar-refractivity contribution in [2.24, 2.45) is 0 Å². The smallest absolute Gasteiger partial charge is 0.267 e. The van der Waals surface area contributed by atoms with Crippen LogP contribution in [-0.4, -0.2) is 25.7 Å². The molecule has 0 aliphatic rings. The minimum atomic E-state index is -0.132. The van der Waals surface area contributed by atoms with Crippen molar-refractivity contribution >= 4 is 22.9 Å². The first kappa shape index (κ1) is 18.1. The van der Waals surface area contributed by atoms with Crippen molar-refractivity contribution in [3.05, 3.63) is 94.0 Å². The lowest BCUT2D eigenvalue weighted by Crippen LogP contribution is -2.12. The van der Waals surface area contributed by atoms with Crippen molar-refractivity contribution in [3.63, 3.8) is 0 Å². The lowest BCUT2D eigenvalue weighted by atomic mass is 10.2. The molecule has 0 saturated carbocycles. The summed E-state index contributed by atoms with van der Waals surface area (Å²) in [7, 11) is 0. The Labute approximate surface area is 166 Å². The Bertz CT molecular complexity index is 1070. The molecule has 28 heavy (non-hydrogen) atoms. The molecule has 1 N–H and O–H groups in total. The van der Waals surface area contributed by atoms with Gasteiger partial charge in [-0.3, -0.25) is 4.79 Å². The number of aryl methyl sites for hydroxylation is 1. The van der Waals surface area contributed by atoms with Crippen molar-refractivity contribution in [2.75, 3.05) is 5.32 Å². The van der Waals surface area contributed by atoms with E-state index in [0.29, 0.717) is 11.4 Å². The summed E-state index contributed by atoms with van der Waals surface area (Å²) in [5.41, 5.74) is 3.73. The minimum Gasteiger partial charge on any atom is -0.321 e. The summed E-state index contributed by atoms with van der Waals surface area (Å²) >= 11 is 1.44. The van der Waals surface area contributed by atoms with Gasteiger partial charge >= 0.3 is 0 Å². The molecule has 0 aliphatic heterocycles. The summed E-state index contributed by atoms with van der Waals surface area (Å²) in [6.45, 7) is 2.48. The average Bonchev–Trinajstić information content (AvgIpc) is 3.32. The second-order valence-electron chi connectivity index (χ2n) is 6.43. The number of anilines is 1. The predicted molar refractivity (Wildman–Crippen MR) is 110 cm³/mol. The van der Waals surface area contributed by atoms with Crippen molar-refractivity contribution < 1.29 is 4.79 Å². The first-order valence-corrected chi connectivity index (χ1v) is 9.72. The molecule has 140 valence electrons. The molecular weight excluding hydrogens is 370 g/mol. The Morgan fingerprint density at radius 3 is 2.71 bits per heavy atom. The maximum Gasteiger partial charge on any atom is 0.267 e. The van der Waals surface area contributed by atoms with Crippen LogP contribution < -0.4 is 5.32 Å². The second-order valence-corrected chi connectivity index (χ2v) is 7.52. The topological polar surface area (TPSA) is 72.7 Å². The third-order valence-corrected chi connectivity index (χ3v) is 5.40. The third kappa shape index (κ3) is 4.32. The Hall–Kier alpha value is -3.32. The number of carbonyl (C=O) groups excluding carboxylic acids is 1. The zero-order valence-corrected chi connectivity index (χ0v) is 16.2. The number of amides is 1. The second kappa shape index (κ2) is 8.14. The fourth-order valence-corrected chi connectivity index (χ4v) is 3.94. The van der Waals surface area contributed by atoms with Crippen LogP contribution in [0, 0.1) is 6.92 Å². The molecule has 4 rings (SSSR count). The molecular formula is C21H19N5OS. The van der Waals surface area contributed by atoms with Gasteiger partial charge in [0.15, 0.2) is 0 Å². The van der Waals surface area contributed by atoms with Gasteiger partial charge < -0.3 is 5.32 Å². The van der Waals surface area contributed by atoms with Gasteiger partial charge in [-0.2, -0.15) is 5.10 Å². The molecule has 0 spiro atoms. The van der Waals surface area contributed by atoms with E-state index in [2.05, 4.69) is 32.5 Å². The Kier molecular flexibility index (Phi) is 5.25. The number of nitrogens with zero attached hydrogens (tertiary/aromatic N) is 4. The fourth-order valence-electron chi connectivity index (χ4n) is 2.95. The third-order valence-electron chi connectivity index (χ3n) is 4.24. The van der Waals surface area contributed by atoms with Gasteiger partial charge in [-0.25, -0.2) is 14.6 Å². The summed E-state index contributed by atoms with van der Waals surface area (Å²) in [6, 6.07) is 17.9. The Balaban J connectivity index is 1.46. The normalized spacial score (nSPS) is 10.8. The molecule has 0 radical (unpaired) electrons. The number of hydrogen-bond acceptors (Lipinski definition) is 5.